The Labute approximate surface area is 166 Å². The van der Waals surface area contributed by atoms with Crippen molar-refractivity contribution in [3.8, 4) is 11.5 Å². The summed E-state index contributed by atoms with van der Waals surface area (Å²) in [5.41, 5.74) is 0.558. The van der Waals surface area contributed by atoms with Crippen LogP contribution in [-0.2, 0) is 9.53 Å². The quantitative estimate of drug-likeness (QED) is 0.664. The molecule has 7 heteroatoms. The Kier molecular flexibility index (Phi) is 6.91. The molecule has 0 radical (unpaired) electrons. The van der Waals surface area contributed by atoms with Crippen LogP contribution < -0.4 is 9.47 Å². The summed E-state index contributed by atoms with van der Waals surface area (Å²) in [6, 6.07) is 5.75. The van der Waals surface area contributed by atoms with E-state index in [0.29, 0.717) is 50.0 Å². The SMILES string of the molecule is COCCN1C(C)CN(C(=O)CCC(=O)c2ccc3c(c2)OCCO3)CC1C. The van der Waals surface area contributed by atoms with Gasteiger partial charge in [-0.1, -0.05) is 0 Å². The number of benzene rings is 1. The summed E-state index contributed by atoms with van der Waals surface area (Å²) in [6.07, 6.45) is 0.427. The van der Waals surface area contributed by atoms with Crippen molar-refractivity contribution < 1.29 is 23.8 Å². The third-order valence-corrected chi connectivity index (χ3v) is 5.44. The molecule has 1 amide bonds. The molecule has 1 aromatic rings. The van der Waals surface area contributed by atoms with E-state index in [9.17, 15) is 9.59 Å². The van der Waals surface area contributed by atoms with Gasteiger partial charge in [-0.2, -0.15) is 0 Å². The molecule has 2 unspecified atom stereocenters. The molecule has 2 aliphatic heterocycles. The Balaban J connectivity index is 1.52. The summed E-state index contributed by atoms with van der Waals surface area (Å²) >= 11 is 0. The second kappa shape index (κ2) is 9.39. The standard InChI is InChI=1S/C21H30N2O5/c1-15-13-22(14-16(2)23(15)8-9-26-3)21(25)7-5-18(24)17-4-6-19-20(12-17)28-11-10-27-19/h4,6,12,15-16H,5,7-11,13-14H2,1-3H3. The molecule has 2 heterocycles. The summed E-state index contributed by atoms with van der Waals surface area (Å²) in [4.78, 5) is 29.4. The molecule has 1 saturated heterocycles. The molecule has 0 saturated carbocycles. The van der Waals surface area contributed by atoms with E-state index >= 15 is 0 Å². The number of amides is 1. The molecule has 2 aliphatic rings. The zero-order valence-electron chi connectivity index (χ0n) is 17.0. The molecule has 0 bridgehead atoms. The number of ether oxygens (including phenoxy) is 3. The lowest BCUT2D eigenvalue weighted by Crippen LogP contribution is -2.58. The summed E-state index contributed by atoms with van der Waals surface area (Å²) in [5.74, 6) is 1.24. The van der Waals surface area contributed by atoms with Crippen molar-refractivity contribution in [3.05, 3.63) is 23.8 Å². The van der Waals surface area contributed by atoms with Crippen LogP contribution in [0.15, 0.2) is 18.2 Å². The first-order valence-corrected chi connectivity index (χ1v) is 9.95. The molecule has 2 atom stereocenters. The van der Waals surface area contributed by atoms with Gasteiger partial charge in [0.25, 0.3) is 0 Å². The van der Waals surface area contributed by atoms with Gasteiger partial charge in [-0.05, 0) is 32.0 Å². The van der Waals surface area contributed by atoms with Gasteiger partial charge in [0, 0.05) is 57.2 Å². The Bertz CT molecular complexity index is 696. The minimum atomic E-state index is -0.0508. The van der Waals surface area contributed by atoms with Crippen LogP contribution in [0.1, 0.15) is 37.0 Å². The lowest BCUT2D eigenvalue weighted by Gasteiger charge is -2.44. The average Bonchev–Trinajstić information content (AvgIpc) is 2.70. The predicted molar refractivity (Wildman–Crippen MR) is 105 cm³/mol. The van der Waals surface area contributed by atoms with Crippen molar-refractivity contribution in [2.45, 2.75) is 38.8 Å². The number of hydrogen-bond acceptors (Lipinski definition) is 6. The van der Waals surface area contributed by atoms with Crippen molar-refractivity contribution in [3.63, 3.8) is 0 Å². The van der Waals surface area contributed by atoms with Gasteiger partial charge < -0.3 is 19.1 Å². The van der Waals surface area contributed by atoms with Crippen LogP contribution in [0.2, 0.25) is 0 Å². The molecule has 0 spiro atoms. The Morgan fingerprint density at radius 3 is 2.43 bits per heavy atom. The molecule has 0 aliphatic carbocycles. The number of Topliss-reactive ketones (excluding diaryl/α,β-unsaturated/α-hetero) is 1. The number of methoxy groups -OCH3 is 1. The normalized spacial score (nSPS) is 22.2. The van der Waals surface area contributed by atoms with Crippen molar-refractivity contribution in [1.29, 1.82) is 0 Å². The van der Waals surface area contributed by atoms with E-state index in [1.54, 1.807) is 25.3 Å². The summed E-state index contributed by atoms with van der Waals surface area (Å²) < 4.78 is 16.2. The predicted octanol–water partition coefficient (Wildman–Crippen LogP) is 1.99. The van der Waals surface area contributed by atoms with Gasteiger partial charge in [-0.3, -0.25) is 14.5 Å². The summed E-state index contributed by atoms with van der Waals surface area (Å²) in [7, 11) is 1.70. The van der Waals surface area contributed by atoms with Crippen LogP contribution in [-0.4, -0.2) is 80.1 Å². The zero-order chi connectivity index (χ0) is 20.1. The van der Waals surface area contributed by atoms with E-state index in [0.717, 1.165) is 6.54 Å². The van der Waals surface area contributed by atoms with Crippen LogP contribution in [0.25, 0.3) is 0 Å². The van der Waals surface area contributed by atoms with Crippen molar-refractivity contribution >= 4 is 11.7 Å². The highest BCUT2D eigenvalue weighted by atomic mass is 16.6. The minimum absolute atomic E-state index is 0.0379. The lowest BCUT2D eigenvalue weighted by molar-refractivity contribution is -0.135. The largest absolute Gasteiger partial charge is 0.486 e. The number of rotatable bonds is 7. The number of hydrogen-bond donors (Lipinski definition) is 0. The molecule has 154 valence electrons. The fourth-order valence-corrected chi connectivity index (χ4v) is 3.94. The van der Waals surface area contributed by atoms with E-state index in [1.807, 2.05) is 4.90 Å². The maximum absolute atomic E-state index is 12.7. The van der Waals surface area contributed by atoms with Gasteiger partial charge in [0.2, 0.25) is 5.91 Å². The first-order chi connectivity index (χ1) is 13.5. The second-order valence-electron chi connectivity index (χ2n) is 7.51. The monoisotopic (exact) mass is 390 g/mol. The number of fused-ring (bicyclic) bond motifs is 1. The molecule has 7 nitrogen and oxygen atoms in total. The van der Waals surface area contributed by atoms with Crippen molar-refractivity contribution in [1.82, 2.24) is 9.80 Å². The van der Waals surface area contributed by atoms with Crippen LogP contribution in [0.3, 0.4) is 0 Å². The third-order valence-electron chi connectivity index (χ3n) is 5.44. The molecule has 3 rings (SSSR count). The highest BCUT2D eigenvalue weighted by molar-refractivity contribution is 5.98. The van der Waals surface area contributed by atoms with Crippen LogP contribution >= 0.6 is 0 Å². The number of carbonyl (C=O) groups is 2. The molecular weight excluding hydrogens is 360 g/mol. The van der Waals surface area contributed by atoms with Crippen molar-refractivity contribution in [2.75, 3.05) is 46.6 Å². The van der Waals surface area contributed by atoms with Gasteiger partial charge >= 0.3 is 0 Å². The number of piperazine rings is 1. The topological polar surface area (TPSA) is 68.3 Å². The lowest BCUT2D eigenvalue weighted by atomic mass is 10.0. The first-order valence-electron chi connectivity index (χ1n) is 9.95. The average molecular weight is 390 g/mol. The van der Waals surface area contributed by atoms with Crippen LogP contribution in [0.4, 0.5) is 0 Å². The number of nitrogens with zero attached hydrogens (tertiary/aromatic N) is 2. The maximum Gasteiger partial charge on any atom is 0.223 e. The Hall–Kier alpha value is -2.12. The Morgan fingerprint density at radius 1 is 1.07 bits per heavy atom. The van der Waals surface area contributed by atoms with Crippen molar-refractivity contribution in [2.24, 2.45) is 0 Å². The van der Waals surface area contributed by atoms with Gasteiger partial charge in [-0.25, -0.2) is 0 Å². The van der Waals surface area contributed by atoms with Crippen LogP contribution in [0.5, 0.6) is 11.5 Å². The van der Waals surface area contributed by atoms with E-state index in [-0.39, 0.29) is 36.6 Å². The first kappa shape index (κ1) is 20.6. The molecule has 0 aromatic heterocycles. The molecule has 0 N–H and O–H groups in total. The van der Waals surface area contributed by atoms with Gasteiger partial charge in [0.05, 0.1) is 6.61 Å². The fraction of sp³-hybridized carbons (Fsp3) is 0.619. The van der Waals surface area contributed by atoms with Gasteiger partial charge in [-0.15, -0.1) is 0 Å². The minimum Gasteiger partial charge on any atom is -0.486 e. The molecular formula is C21H30N2O5. The van der Waals surface area contributed by atoms with E-state index in [2.05, 4.69) is 18.7 Å². The van der Waals surface area contributed by atoms with E-state index in [4.69, 9.17) is 14.2 Å². The maximum atomic E-state index is 12.7. The molecule has 28 heavy (non-hydrogen) atoms. The van der Waals surface area contributed by atoms with E-state index in [1.165, 1.54) is 0 Å². The third kappa shape index (κ3) is 4.83. The number of carbonyl (C=O) groups excluding carboxylic acids is 2. The van der Waals surface area contributed by atoms with Gasteiger partial charge in [0.1, 0.15) is 13.2 Å². The smallest absolute Gasteiger partial charge is 0.223 e. The highest BCUT2D eigenvalue weighted by Gasteiger charge is 2.31. The van der Waals surface area contributed by atoms with Crippen LogP contribution in [0, 0.1) is 0 Å². The number of ketones is 1. The summed E-state index contributed by atoms with van der Waals surface area (Å²) in [5, 5.41) is 0. The highest BCUT2D eigenvalue weighted by Crippen LogP contribution is 2.31. The molecule has 1 fully saturated rings. The summed E-state index contributed by atoms with van der Waals surface area (Å²) in [6.45, 7) is 8.18. The zero-order valence-corrected chi connectivity index (χ0v) is 17.0. The fourth-order valence-electron chi connectivity index (χ4n) is 3.94. The second-order valence-corrected chi connectivity index (χ2v) is 7.51. The molecule has 1 aromatic carbocycles. The Morgan fingerprint density at radius 2 is 1.75 bits per heavy atom. The van der Waals surface area contributed by atoms with Gasteiger partial charge in [0.15, 0.2) is 17.3 Å². The van der Waals surface area contributed by atoms with E-state index < -0.39 is 0 Å².